The highest BCUT2D eigenvalue weighted by atomic mass is 19.1. The van der Waals surface area contributed by atoms with Crippen molar-refractivity contribution in [1.29, 1.82) is 0 Å². The zero-order valence-corrected chi connectivity index (χ0v) is 9.33. The predicted octanol–water partition coefficient (Wildman–Crippen LogP) is 2.31. The second kappa shape index (κ2) is 5.27. The van der Waals surface area contributed by atoms with Gasteiger partial charge in [0.15, 0.2) is 6.29 Å². The maximum atomic E-state index is 13.4. The molecular weight excluding hydrogens is 209 g/mol. The second-order valence-electron chi connectivity index (χ2n) is 3.87. The maximum Gasteiger partial charge on any atom is 0.159 e. The Morgan fingerprint density at radius 3 is 2.81 bits per heavy atom. The van der Waals surface area contributed by atoms with E-state index >= 15 is 0 Å². The van der Waals surface area contributed by atoms with Crippen molar-refractivity contribution in [2.24, 2.45) is 0 Å². The van der Waals surface area contributed by atoms with E-state index in [1.807, 2.05) is 13.0 Å². The van der Waals surface area contributed by atoms with Crippen molar-refractivity contribution in [2.75, 3.05) is 25.1 Å². The lowest BCUT2D eigenvalue weighted by molar-refractivity contribution is -0.0439. The van der Waals surface area contributed by atoms with Gasteiger partial charge in [0.2, 0.25) is 0 Å². The van der Waals surface area contributed by atoms with E-state index in [1.165, 1.54) is 6.07 Å². The molecule has 16 heavy (non-hydrogen) atoms. The first-order valence-electron chi connectivity index (χ1n) is 5.49. The molecule has 1 aliphatic heterocycles. The molecule has 4 heteroatoms. The molecule has 88 valence electrons. The van der Waals surface area contributed by atoms with Gasteiger partial charge < -0.3 is 14.8 Å². The molecule has 1 aromatic carbocycles. The van der Waals surface area contributed by atoms with Gasteiger partial charge in [-0.1, -0.05) is 6.07 Å². The third-order valence-electron chi connectivity index (χ3n) is 2.51. The van der Waals surface area contributed by atoms with Gasteiger partial charge in [0.25, 0.3) is 0 Å². The molecular formula is C12H16FNO2. The molecule has 0 atom stereocenters. The molecule has 0 unspecified atom stereocenters. The third-order valence-corrected chi connectivity index (χ3v) is 2.51. The Morgan fingerprint density at radius 2 is 2.12 bits per heavy atom. The first-order chi connectivity index (χ1) is 7.75. The summed E-state index contributed by atoms with van der Waals surface area (Å²) in [5.74, 6) is -0.215. The number of hydrogen-bond acceptors (Lipinski definition) is 3. The van der Waals surface area contributed by atoms with Crippen LogP contribution in [0.2, 0.25) is 0 Å². The molecule has 2 rings (SSSR count). The Labute approximate surface area is 94.6 Å². The molecule has 1 aromatic rings. The zero-order valence-electron chi connectivity index (χ0n) is 9.33. The van der Waals surface area contributed by atoms with Crippen LogP contribution in [0.15, 0.2) is 18.2 Å². The number of aryl methyl sites for hydroxylation is 1. The number of halogens is 1. The molecule has 0 spiro atoms. The van der Waals surface area contributed by atoms with Crippen LogP contribution in [-0.4, -0.2) is 26.0 Å². The van der Waals surface area contributed by atoms with Gasteiger partial charge in [0.1, 0.15) is 5.82 Å². The summed E-state index contributed by atoms with van der Waals surface area (Å²) in [6.07, 6.45) is 0.592. The van der Waals surface area contributed by atoms with Crippen molar-refractivity contribution in [3.05, 3.63) is 29.6 Å². The van der Waals surface area contributed by atoms with Gasteiger partial charge in [0, 0.05) is 13.0 Å². The second-order valence-corrected chi connectivity index (χ2v) is 3.87. The van der Waals surface area contributed by atoms with E-state index in [4.69, 9.17) is 9.47 Å². The standard InChI is InChI=1S/C12H16FNO2/c1-9-2-3-11(10(13)8-9)14-5-4-12-15-6-7-16-12/h2-3,8,12,14H,4-7H2,1H3. The SMILES string of the molecule is Cc1ccc(NCCC2OCCO2)c(F)c1. The van der Waals surface area contributed by atoms with Gasteiger partial charge in [-0.25, -0.2) is 4.39 Å². The average molecular weight is 225 g/mol. The van der Waals surface area contributed by atoms with E-state index in [2.05, 4.69) is 5.32 Å². The number of rotatable bonds is 4. The molecule has 1 fully saturated rings. The minimum absolute atomic E-state index is 0.138. The molecule has 1 heterocycles. The number of benzene rings is 1. The molecule has 1 aliphatic rings. The number of anilines is 1. The smallest absolute Gasteiger partial charge is 0.159 e. The highest BCUT2D eigenvalue weighted by molar-refractivity contribution is 5.45. The Hall–Kier alpha value is -1.13. The molecule has 0 bridgehead atoms. The largest absolute Gasteiger partial charge is 0.382 e. The van der Waals surface area contributed by atoms with Gasteiger partial charge in [0.05, 0.1) is 18.9 Å². The van der Waals surface area contributed by atoms with Crippen LogP contribution in [0, 0.1) is 12.7 Å². The van der Waals surface area contributed by atoms with Gasteiger partial charge in [-0.05, 0) is 24.6 Å². The van der Waals surface area contributed by atoms with Crippen molar-refractivity contribution in [1.82, 2.24) is 0 Å². The van der Waals surface area contributed by atoms with Crippen LogP contribution in [0.3, 0.4) is 0 Å². The van der Waals surface area contributed by atoms with E-state index in [-0.39, 0.29) is 12.1 Å². The van der Waals surface area contributed by atoms with Gasteiger partial charge in [-0.15, -0.1) is 0 Å². The van der Waals surface area contributed by atoms with Gasteiger partial charge in [-0.2, -0.15) is 0 Å². The number of nitrogens with one attached hydrogen (secondary N) is 1. The Morgan fingerprint density at radius 1 is 1.38 bits per heavy atom. The van der Waals surface area contributed by atoms with Crippen LogP contribution in [0.25, 0.3) is 0 Å². The van der Waals surface area contributed by atoms with Crippen LogP contribution in [0.5, 0.6) is 0 Å². The van der Waals surface area contributed by atoms with E-state index in [0.29, 0.717) is 25.4 Å². The molecule has 0 aliphatic carbocycles. The number of ether oxygens (including phenoxy) is 2. The average Bonchev–Trinajstić information content (AvgIpc) is 2.74. The summed E-state index contributed by atoms with van der Waals surface area (Å²) in [6.45, 7) is 3.82. The molecule has 3 nitrogen and oxygen atoms in total. The molecule has 0 saturated carbocycles. The fraction of sp³-hybridized carbons (Fsp3) is 0.500. The first kappa shape index (κ1) is 11.4. The lowest BCUT2D eigenvalue weighted by atomic mass is 10.2. The Bertz CT molecular complexity index is 351. The zero-order chi connectivity index (χ0) is 11.4. The van der Waals surface area contributed by atoms with Crippen LogP contribution >= 0.6 is 0 Å². The highest BCUT2D eigenvalue weighted by Gasteiger charge is 2.15. The third kappa shape index (κ3) is 2.93. The summed E-state index contributed by atoms with van der Waals surface area (Å²) < 4.78 is 24.0. The van der Waals surface area contributed by atoms with Crippen LogP contribution in [0.4, 0.5) is 10.1 Å². The van der Waals surface area contributed by atoms with E-state index < -0.39 is 0 Å². The van der Waals surface area contributed by atoms with Crippen molar-refractivity contribution in [3.8, 4) is 0 Å². The van der Waals surface area contributed by atoms with Crippen molar-refractivity contribution in [3.63, 3.8) is 0 Å². The lowest BCUT2D eigenvalue weighted by Gasteiger charge is -2.11. The summed E-state index contributed by atoms with van der Waals surface area (Å²) in [5, 5.41) is 3.03. The quantitative estimate of drug-likeness (QED) is 0.853. The van der Waals surface area contributed by atoms with Crippen LogP contribution in [0.1, 0.15) is 12.0 Å². The van der Waals surface area contributed by atoms with Gasteiger partial charge in [-0.3, -0.25) is 0 Å². The first-order valence-corrected chi connectivity index (χ1v) is 5.49. The van der Waals surface area contributed by atoms with E-state index in [1.54, 1.807) is 6.07 Å². The topological polar surface area (TPSA) is 30.5 Å². The molecule has 0 amide bonds. The number of hydrogen-bond donors (Lipinski definition) is 1. The molecule has 1 N–H and O–H groups in total. The molecule has 1 saturated heterocycles. The normalized spacial score (nSPS) is 16.6. The Kier molecular flexibility index (Phi) is 3.74. The fourth-order valence-corrected chi connectivity index (χ4v) is 1.66. The minimum Gasteiger partial charge on any atom is -0.382 e. The Balaban J connectivity index is 1.80. The molecule has 0 radical (unpaired) electrons. The summed E-state index contributed by atoms with van der Waals surface area (Å²) >= 11 is 0. The van der Waals surface area contributed by atoms with E-state index in [9.17, 15) is 4.39 Å². The highest BCUT2D eigenvalue weighted by Crippen LogP contribution is 2.16. The van der Waals surface area contributed by atoms with Crippen molar-refractivity contribution >= 4 is 5.69 Å². The van der Waals surface area contributed by atoms with E-state index in [0.717, 1.165) is 12.0 Å². The summed E-state index contributed by atoms with van der Waals surface area (Å²) in [4.78, 5) is 0. The van der Waals surface area contributed by atoms with Crippen LogP contribution in [-0.2, 0) is 9.47 Å². The lowest BCUT2D eigenvalue weighted by Crippen LogP contribution is -2.14. The van der Waals surface area contributed by atoms with Crippen molar-refractivity contribution < 1.29 is 13.9 Å². The summed E-state index contributed by atoms with van der Waals surface area (Å²) in [7, 11) is 0. The maximum absolute atomic E-state index is 13.4. The predicted molar refractivity (Wildman–Crippen MR) is 59.9 cm³/mol. The van der Waals surface area contributed by atoms with Crippen molar-refractivity contribution in [2.45, 2.75) is 19.6 Å². The van der Waals surface area contributed by atoms with Gasteiger partial charge >= 0.3 is 0 Å². The monoisotopic (exact) mass is 225 g/mol. The molecule has 0 aromatic heterocycles. The summed E-state index contributed by atoms with van der Waals surface area (Å²) in [5.41, 5.74) is 1.45. The summed E-state index contributed by atoms with van der Waals surface area (Å²) in [6, 6.07) is 5.15. The van der Waals surface area contributed by atoms with Crippen LogP contribution < -0.4 is 5.32 Å². The fourth-order valence-electron chi connectivity index (χ4n) is 1.66. The minimum atomic E-state index is -0.215.